The van der Waals surface area contributed by atoms with Crippen molar-refractivity contribution in [3.63, 3.8) is 0 Å². The second-order valence-electron chi connectivity index (χ2n) is 3.55. The van der Waals surface area contributed by atoms with Gasteiger partial charge in [0.05, 0.1) is 6.54 Å². The van der Waals surface area contributed by atoms with Crippen molar-refractivity contribution in [1.82, 2.24) is 14.5 Å². The van der Waals surface area contributed by atoms with Crippen LogP contribution in [0.25, 0.3) is 11.0 Å². The zero-order valence-electron chi connectivity index (χ0n) is 8.47. The van der Waals surface area contributed by atoms with E-state index >= 15 is 0 Å². The first-order chi connectivity index (χ1) is 7.84. The number of rotatable bonds is 2. The highest BCUT2D eigenvalue weighted by molar-refractivity contribution is 7.06. The summed E-state index contributed by atoms with van der Waals surface area (Å²) < 4.78 is 1.92. The number of pyridine rings is 1. The minimum atomic E-state index is 0.568. The van der Waals surface area contributed by atoms with Gasteiger partial charge in [0.2, 0.25) is 0 Å². The van der Waals surface area contributed by atoms with Crippen molar-refractivity contribution in [2.75, 3.05) is 0 Å². The highest BCUT2D eigenvalue weighted by Gasteiger charge is 2.04. The van der Waals surface area contributed by atoms with Gasteiger partial charge in [0, 0.05) is 29.4 Å². The van der Waals surface area contributed by atoms with Crippen LogP contribution in [0.4, 0.5) is 0 Å². The third-order valence-corrected chi connectivity index (χ3v) is 3.27. The summed E-state index contributed by atoms with van der Waals surface area (Å²) in [5.41, 5.74) is 2.07. The molecule has 3 rings (SSSR count). The Labute approximate surface area is 95.7 Å². The van der Waals surface area contributed by atoms with Crippen LogP contribution in [-0.4, -0.2) is 14.5 Å². The maximum Gasteiger partial charge on any atom is 0.182 e. The van der Waals surface area contributed by atoms with E-state index in [1.807, 2.05) is 34.5 Å². The molecule has 80 valence electrons. The lowest BCUT2D eigenvalue weighted by molar-refractivity contribution is 0.764. The van der Waals surface area contributed by atoms with Gasteiger partial charge in [-0.1, -0.05) is 0 Å². The van der Waals surface area contributed by atoms with Gasteiger partial charge in [0.15, 0.2) is 4.80 Å². The zero-order valence-corrected chi connectivity index (χ0v) is 9.29. The number of aromatic nitrogens is 3. The number of aromatic amines is 1. The molecule has 0 atom stereocenters. The van der Waals surface area contributed by atoms with E-state index in [0.717, 1.165) is 11.0 Å². The van der Waals surface area contributed by atoms with E-state index in [-0.39, 0.29) is 0 Å². The molecule has 2 N–H and O–H groups in total. The molecular formula is C11H10N4S. The second-order valence-corrected chi connectivity index (χ2v) is 4.44. The summed E-state index contributed by atoms with van der Waals surface area (Å²) in [6.45, 7) is 0.716. The van der Waals surface area contributed by atoms with E-state index in [4.69, 9.17) is 5.41 Å². The molecule has 3 aromatic rings. The van der Waals surface area contributed by atoms with E-state index in [1.54, 1.807) is 6.20 Å². The van der Waals surface area contributed by atoms with Gasteiger partial charge in [-0.25, -0.2) is 4.98 Å². The summed E-state index contributed by atoms with van der Waals surface area (Å²) in [4.78, 5) is 7.95. The molecule has 3 heterocycles. The van der Waals surface area contributed by atoms with Crippen LogP contribution in [0.15, 0.2) is 36.1 Å². The fourth-order valence-corrected chi connectivity index (χ4v) is 2.35. The van der Waals surface area contributed by atoms with Gasteiger partial charge in [-0.05, 0) is 17.7 Å². The predicted molar refractivity (Wildman–Crippen MR) is 63.4 cm³/mol. The smallest absolute Gasteiger partial charge is 0.182 e. The molecule has 4 nitrogen and oxygen atoms in total. The van der Waals surface area contributed by atoms with Gasteiger partial charge in [-0.3, -0.25) is 5.41 Å². The number of nitrogens with zero attached hydrogens (tertiary/aromatic N) is 2. The van der Waals surface area contributed by atoms with Crippen molar-refractivity contribution in [2.45, 2.75) is 6.54 Å². The van der Waals surface area contributed by atoms with E-state index in [1.165, 1.54) is 16.9 Å². The summed E-state index contributed by atoms with van der Waals surface area (Å²) in [7, 11) is 0. The monoisotopic (exact) mass is 230 g/mol. The van der Waals surface area contributed by atoms with E-state index < -0.39 is 0 Å². The third-order valence-electron chi connectivity index (χ3n) is 2.56. The van der Waals surface area contributed by atoms with Crippen molar-refractivity contribution in [3.05, 3.63) is 46.5 Å². The van der Waals surface area contributed by atoms with Crippen LogP contribution < -0.4 is 4.80 Å². The number of nitrogens with one attached hydrogen (secondary N) is 2. The molecule has 5 heteroatoms. The van der Waals surface area contributed by atoms with Crippen LogP contribution in [0.2, 0.25) is 0 Å². The summed E-state index contributed by atoms with van der Waals surface area (Å²) in [5.74, 6) is 0. The van der Waals surface area contributed by atoms with Crippen molar-refractivity contribution < 1.29 is 0 Å². The predicted octanol–water partition coefficient (Wildman–Crippen LogP) is 1.95. The molecule has 0 aliphatic carbocycles. The zero-order chi connectivity index (χ0) is 11.0. The highest BCUT2D eigenvalue weighted by Crippen LogP contribution is 2.16. The summed E-state index contributed by atoms with van der Waals surface area (Å²) in [6.07, 6.45) is 5.67. The molecule has 0 aromatic carbocycles. The average Bonchev–Trinajstić information content (AvgIpc) is 2.88. The normalized spacial score (nSPS) is 11.0. The number of hydrogen-bond acceptors (Lipinski definition) is 3. The molecular weight excluding hydrogens is 220 g/mol. The molecule has 0 saturated heterocycles. The molecule has 0 amide bonds. The van der Waals surface area contributed by atoms with Gasteiger partial charge >= 0.3 is 0 Å². The molecule has 0 fully saturated rings. The Morgan fingerprint density at radius 2 is 2.44 bits per heavy atom. The van der Waals surface area contributed by atoms with Crippen LogP contribution in [0, 0.1) is 5.41 Å². The van der Waals surface area contributed by atoms with Gasteiger partial charge in [-0.2, -0.15) is 0 Å². The first kappa shape index (κ1) is 9.35. The van der Waals surface area contributed by atoms with Crippen LogP contribution in [0.1, 0.15) is 5.56 Å². The maximum absolute atomic E-state index is 7.72. The van der Waals surface area contributed by atoms with Gasteiger partial charge in [-0.15, -0.1) is 11.3 Å². The molecule has 0 radical (unpaired) electrons. The standard InChI is InChI=1S/C11H10N4S/c12-11-15(4-5-16-11)7-8-6-14-10-9(8)2-1-3-13-10/h1-6,12H,7H2,(H,13,14). The fourth-order valence-electron chi connectivity index (χ4n) is 1.76. The maximum atomic E-state index is 7.72. The van der Waals surface area contributed by atoms with Crippen LogP contribution in [0.5, 0.6) is 0 Å². The number of H-pyrrole nitrogens is 1. The minimum absolute atomic E-state index is 0.568. The second kappa shape index (κ2) is 3.61. The van der Waals surface area contributed by atoms with Crippen molar-refractivity contribution in [1.29, 1.82) is 5.41 Å². The molecule has 0 aliphatic heterocycles. The lowest BCUT2D eigenvalue weighted by Gasteiger charge is -2.00. The van der Waals surface area contributed by atoms with Crippen molar-refractivity contribution >= 4 is 22.4 Å². The van der Waals surface area contributed by atoms with Crippen LogP contribution in [-0.2, 0) is 6.54 Å². The molecule has 0 unspecified atom stereocenters. The first-order valence-electron chi connectivity index (χ1n) is 4.94. The number of fused-ring (bicyclic) bond motifs is 1. The fraction of sp³-hybridized carbons (Fsp3) is 0.0909. The Bertz CT molecular complexity index is 676. The molecule has 0 bridgehead atoms. The number of hydrogen-bond donors (Lipinski definition) is 2. The Balaban J connectivity index is 2.07. The topological polar surface area (TPSA) is 57.5 Å². The third kappa shape index (κ3) is 1.45. The molecule has 3 aromatic heterocycles. The van der Waals surface area contributed by atoms with Gasteiger partial charge in [0.25, 0.3) is 0 Å². The minimum Gasteiger partial charge on any atom is -0.346 e. The van der Waals surface area contributed by atoms with E-state index in [0.29, 0.717) is 11.3 Å². The Morgan fingerprint density at radius 3 is 3.25 bits per heavy atom. The Hall–Kier alpha value is -1.88. The molecule has 0 spiro atoms. The van der Waals surface area contributed by atoms with E-state index in [9.17, 15) is 0 Å². The van der Waals surface area contributed by atoms with Crippen LogP contribution in [0.3, 0.4) is 0 Å². The van der Waals surface area contributed by atoms with Crippen molar-refractivity contribution in [2.24, 2.45) is 0 Å². The lowest BCUT2D eigenvalue weighted by atomic mass is 10.2. The summed E-state index contributed by atoms with van der Waals surface area (Å²) >= 11 is 1.44. The number of thiazole rings is 1. The Kier molecular flexibility index (Phi) is 2.11. The summed E-state index contributed by atoms with van der Waals surface area (Å²) in [5, 5.41) is 10.8. The highest BCUT2D eigenvalue weighted by atomic mass is 32.1. The van der Waals surface area contributed by atoms with Crippen LogP contribution >= 0.6 is 11.3 Å². The molecule has 0 saturated carbocycles. The largest absolute Gasteiger partial charge is 0.346 e. The summed E-state index contributed by atoms with van der Waals surface area (Å²) in [6, 6.07) is 3.98. The molecule has 0 aliphatic rings. The lowest BCUT2D eigenvalue weighted by Crippen LogP contribution is -2.12. The van der Waals surface area contributed by atoms with Crippen molar-refractivity contribution in [3.8, 4) is 0 Å². The van der Waals surface area contributed by atoms with Gasteiger partial charge < -0.3 is 9.55 Å². The Morgan fingerprint density at radius 1 is 1.50 bits per heavy atom. The average molecular weight is 230 g/mol. The van der Waals surface area contributed by atoms with E-state index in [2.05, 4.69) is 9.97 Å². The molecule has 16 heavy (non-hydrogen) atoms. The SMILES string of the molecule is N=c1sccn1Cc1c[nH]c2ncccc12. The van der Waals surface area contributed by atoms with Gasteiger partial charge in [0.1, 0.15) is 5.65 Å². The first-order valence-corrected chi connectivity index (χ1v) is 5.82. The quantitative estimate of drug-likeness (QED) is 0.694.